The van der Waals surface area contributed by atoms with E-state index in [0.29, 0.717) is 22.6 Å². The molecule has 5 heteroatoms. The van der Waals surface area contributed by atoms with Crippen LogP contribution in [0.25, 0.3) is 11.1 Å². The summed E-state index contributed by atoms with van der Waals surface area (Å²) in [5.41, 5.74) is 3.58. The number of hydrogen-bond donors (Lipinski definition) is 1. The van der Waals surface area contributed by atoms with Crippen LogP contribution in [0.3, 0.4) is 0 Å². The number of rotatable bonds is 2. The number of oxazole rings is 1. The summed E-state index contributed by atoms with van der Waals surface area (Å²) in [4.78, 5) is 16.9. The molecule has 0 saturated carbocycles. The smallest absolute Gasteiger partial charge is 0.254 e. The number of benzene rings is 2. The fraction of sp³-hybridized carbons (Fsp3) is 0.222. The van der Waals surface area contributed by atoms with Gasteiger partial charge in [0.15, 0.2) is 11.5 Å². The molecule has 1 heterocycles. The van der Waals surface area contributed by atoms with Crippen LogP contribution in [-0.4, -0.2) is 10.9 Å². The van der Waals surface area contributed by atoms with Crippen molar-refractivity contribution >= 4 is 17.0 Å². The summed E-state index contributed by atoms with van der Waals surface area (Å²) in [6.45, 7) is 1.75. The van der Waals surface area contributed by atoms with Gasteiger partial charge in [0.1, 0.15) is 11.3 Å². The number of aryl methyl sites for hydroxylation is 2. The van der Waals surface area contributed by atoms with Crippen LogP contribution < -0.4 is 5.32 Å². The number of hydrogen-bond acceptors (Lipinski definition) is 3. The Morgan fingerprint density at radius 3 is 3.09 bits per heavy atom. The maximum Gasteiger partial charge on any atom is 0.254 e. The molecule has 1 amide bonds. The molecule has 4 nitrogen and oxygen atoms in total. The van der Waals surface area contributed by atoms with Gasteiger partial charge >= 0.3 is 0 Å². The standard InChI is InChI=1S/C18H15FN2O2/c1-10-20-17-13(3-2-4-16(17)23-10)18(22)21-15-8-6-11-5-7-12(19)9-14(11)15/h2-5,7,9,15H,6,8H2,1H3,(H,21,22). The Balaban J connectivity index is 1.65. The van der Waals surface area contributed by atoms with Gasteiger partial charge in [-0.1, -0.05) is 12.1 Å². The fourth-order valence-electron chi connectivity index (χ4n) is 3.20. The number of aromatic nitrogens is 1. The van der Waals surface area contributed by atoms with E-state index in [1.54, 1.807) is 31.2 Å². The predicted octanol–water partition coefficient (Wildman–Crippen LogP) is 3.69. The summed E-state index contributed by atoms with van der Waals surface area (Å²) in [5, 5.41) is 2.99. The van der Waals surface area contributed by atoms with Gasteiger partial charge in [0.25, 0.3) is 5.91 Å². The van der Waals surface area contributed by atoms with Crippen LogP contribution >= 0.6 is 0 Å². The summed E-state index contributed by atoms with van der Waals surface area (Å²) in [6, 6.07) is 9.86. The first-order valence-corrected chi connectivity index (χ1v) is 7.57. The average Bonchev–Trinajstić information content (AvgIpc) is 3.09. The van der Waals surface area contributed by atoms with Crippen molar-refractivity contribution in [2.24, 2.45) is 0 Å². The first kappa shape index (κ1) is 13.9. The minimum atomic E-state index is -0.279. The minimum absolute atomic E-state index is 0.170. The van der Waals surface area contributed by atoms with E-state index in [-0.39, 0.29) is 17.8 Å². The molecular formula is C18H15FN2O2. The number of carbonyl (C=O) groups is 1. The molecule has 3 aromatic rings. The molecule has 1 atom stereocenters. The maximum absolute atomic E-state index is 13.5. The molecule has 0 bridgehead atoms. The molecule has 1 N–H and O–H groups in total. The molecule has 1 aromatic heterocycles. The largest absolute Gasteiger partial charge is 0.441 e. The highest BCUT2D eigenvalue weighted by molar-refractivity contribution is 6.04. The van der Waals surface area contributed by atoms with E-state index in [1.165, 1.54) is 12.1 Å². The van der Waals surface area contributed by atoms with Crippen molar-refractivity contribution in [2.45, 2.75) is 25.8 Å². The van der Waals surface area contributed by atoms with Gasteiger partial charge in [-0.25, -0.2) is 9.37 Å². The molecule has 1 aliphatic rings. The van der Waals surface area contributed by atoms with Gasteiger partial charge in [0.05, 0.1) is 11.6 Å². The topological polar surface area (TPSA) is 55.1 Å². The Kier molecular flexibility index (Phi) is 3.15. The average molecular weight is 310 g/mol. The van der Waals surface area contributed by atoms with Gasteiger partial charge in [0, 0.05) is 6.92 Å². The first-order chi connectivity index (χ1) is 11.1. The van der Waals surface area contributed by atoms with Crippen LogP contribution in [0.1, 0.15) is 39.8 Å². The molecule has 4 rings (SSSR count). The second kappa shape index (κ2) is 5.19. The molecular weight excluding hydrogens is 295 g/mol. The lowest BCUT2D eigenvalue weighted by molar-refractivity contribution is 0.0938. The summed E-state index contributed by atoms with van der Waals surface area (Å²) >= 11 is 0. The van der Waals surface area contributed by atoms with Crippen molar-refractivity contribution in [2.75, 3.05) is 0 Å². The van der Waals surface area contributed by atoms with Crippen molar-refractivity contribution in [1.29, 1.82) is 0 Å². The van der Waals surface area contributed by atoms with Crippen molar-refractivity contribution in [1.82, 2.24) is 10.3 Å². The number of amides is 1. The molecule has 116 valence electrons. The van der Waals surface area contributed by atoms with Gasteiger partial charge < -0.3 is 9.73 Å². The SMILES string of the molecule is Cc1nc2c(C(=O)NC3CCc4ccc(F)cc43)cccc2o1. The van der Waals surface area contributed by atoms with Crippen molar-refractivity contribution in [3.8, 4) is 0 Å². The molecule has 0 radical (unpaired) electrons. The third kappa shape index (κ3) is 2.38. The second-order valence-corrected chi connectivity index (χ2v) is 5.79. The highest BCUT2D eigenvalue weighted by Crippen LogP contribution is 2.32. The van der Waals surface area contributed by atoms with Crippen LogP contribution in [0.5, 0.6) is 0 Å². The van der Waals surface area contributed by atoms with E-state index in [0.717, 1.165) is 24.0 Å². The van der Waals surface area contributed by atoms with Crippen molar-refractivity contribution < 1.29 is 13.6 Å². The first-order valence-electron chi connectivity index (χ1n) is 7.57. The molecule has 1 unspecified atom stereocenters. The molecule has 0 spiro atoms. The maximum atomic E-state index is 13.5. The third-order valence-electron chi connectivity index (χ3n) is 4.26. The lowest BCUT2D eigenvalue weighted by Gasteiger charge is -2.14. The fourth-order valence-corrected chi connectivity index (χ4v) is 3.20. The van der Waals surface area contributed by atoms with Gasteiger partial charge in [-0.15, -0.1) is 0 Å². The van der Waals surface area contributed by atoms with Crippen LogP contribution in [0.2, 0.25) is 0 Å². The zero-order chi connectivity index (χ0) is 16.0. The molecule has 2 aromatic carbocycles. The predicted molar refractivity (Wildman–Crippen MR) is 83.7 cm³/mol. The zero-order valence-corrected chi connectivity index (χ0v) is 12.6. The van der Waals surface area contributed by atoms with Crippen LogP contribution in [0.4, 0.5) is 4.39 Å². The minimum Gasteiger partial charge on any atom is -0.441 e. The van der Waals surface area contributed by atoms with Crippen molar-refractivity contribution in [3.63, 3.8) is 0 Å². The Labute approximate surface area is 132 Å². The molecule has 0 fully saturated rings. The number of fused-ring (bicyclic) bond motifs is 2. The van der Waals surface area contributed by atoms with E-state index >= 15 is 0 Å². The van der Waals surface area contributed by atoms with E-state index in [9.17, 15) is 9.18 Å². The van der Waals surface area contributed by atoms with Gasteiger partial charge in [0.2, 0.25) is 0 Å². The van der Waals surface area contributed by atoms with E-state index in [2.05, 4.69) is 10.3 Å². The number of halogens is 1. The molecule has 23 heavy (non-hydrogen) atoms. The number of nitrogens with zero attached hydrogens (tertiary/aromatic N) is 1. The number of para-hydroxylation sites is 1. The van der Waals surface area contributed by atoms with Crippen LogP contribution in [-0.2, 0) is 6.42 Å². The summed E-state index contributed by atoms with van der Waals surface area (Å²) in [6.07, 6.45) is 1.62. The Bertz CT molecular complexity index is 917. The van der Waals surface area contributed by atoms with Crippen molar-refractivity contribution in [3.05, 3.63) is 64.8 Å². The second-order valence-electron chi connectivity index (χ2n) is 5.79. The van der Waals surface area contributed by atoms with Gasteiger partial charge in [-0.05, 0) is 48.2 Å². The molecule has 1 aliphatic carbocycles. The molecule has 0 saturated heterocycles. The summed E-state index contributed by atoms with van der Waals surface area (Å²) in [7, 11) is 0. The van der Waals surface area contributed by atoms with E-state index in [4.69, 9.17) is 4.42 Å². The Morgan fingerprint density at radius 2 is 2.22 bits per heavy atom. The van der Waals surface area contributed by atoms with Gasteiger partial charge in [-0.2, -0.15) is 0 Å². The highest BCUT2D eigenvalue weighted by atomic mass is 19.1. The lowest BCUT2D eigenvalue weighted by atomic mass is 10.1. The van der Waals surface area contributed by atoms with Crippen LogP contribution in [0, 0.1) is 12.7 Å². The number of carbonyl (C=O) groups excluding carboxylic acids is 1. The van der Waals surface area contributed by atoms with Gasteiger partial charge in [-0.3, -0.25) is 4.79 Å². The van der Waals surface area contributed by atoms with E-state index in [1.807, 2.05) is 0 Å². The summed E-state index contributed by atoms with van der Waals surface area (Å²) in [5.74, 6) is 0.0265. The zero-order valence-electron chi connectivity index (χ0n) is 12.6. The Hall–Kier alpha value is -2.69. The quantitative estimate of drug-likeness (QED) is 0.785. The highest BCUT2D eigenvalue weighted by Gasteiger charge is 2.25. The summed E-state index contributed by atoms with van der Waals surface area (Å²) < 4.78 is 18.9. The van der Waals surface area contributed by atoms with Crippen LogP contribution in [0.15, 0.2) is 40.8 Å². The number of nitrogens with one attached hydrogen (secondary N) is 1. The Morgan fingerprint density at radius 1 is 1.35 bits per heavy atom. The molecule has 0 aliphatic heterocycles. The lowest BCUT2D eigenvalue weighted by Crippen LogP contribution is -2.27. The monoisotopic (exact) mass is 310 g/mol. The van der Waals surface area contributed by atoms with E-state index < -0.39 is 0 Å². The third-order valence-corrected chi connectivity index (χ3v) is 4.26. The normalized spacial score (nSPS) is 16.5.